The van der Waals surface area contributed by atoms with Gasteiger partial charge in [0.25, 0.3) is 11.8 Å². The van der Waals surface area contributed by atoms with Crippen molar-refractivity contribution >= 4 is 62.5 Å². The second-order valence-corrected chi connectivity index (χ2v) is 20.7. The highest BCUT2D eigenvalue weighted by Crippen LogP contribution is 2.47. The van der Waals surface area contributed by atoms with E-state index in [1.165, 1.54) is 23.6 Å². The van der Waals surface area contributed by atoms with Crippen molar-refractivity contribution in [2.24, 2.45) is 10.6 Å². The van der Waals surface area contributed by atoms with Gasteiger partial charge in [0.1, 0.15) is 17.1 Å². The molecule has 0 radical (unpaired) electrons. The van der Waals surface area contributed by atoms with Crippen LogP contribution in [-0.4, -0.2) is 119 Å². The Morgan fingerprint density at radius 1 is 0.969 bits per heavy atom. The molecule has 5 aliphatic heterocycles. The summed E-state index contributed by atoms with van der Waals surface area (Å²) < 4.78 is 41.2. The molecule has 7 heterocycles. The number of nitrogens with one attached hydrogen (secondary N) is 1. The van der Waals surface area contributed by atoms with Gasteiger partial charge in [0.05, 0.1) is 38.9 Å². The van der Waals surface area contributed by atoms with Gasteiger partial charge in [0.2, 0.25) is 33.7 Å². The number of benzene rings is 2. The Labute approximate surface area is 373 Å². The van der Waals surface area contributed by atoms with E-state index in [1.54, 1.807) is 37.3 Å². The molecule has 1 spiro atoms. The second-order valence-electron chi connectivity index (χ2n) is 17.9. The Morgan fingerprint density at radius 2 is 1.69 bits per heavy atom. The molecule has 4 saturated heterocycles. The number of amides is 5. The molecule has 0 bridgehead atoms. The molecule has 5 amide bonds. The number of carbonyl (C=O) groups is 5. The van der Waals surface area contributed by atoms with Crippen LogP contribution in [0.5, 0.6) is 0 Å². The van der Waals surface area contributed by atoms with Gasteiger partial charge in [-0.25, -0.2) is 32.9 Å². The minimum Gasteiger partial charge on any atom is -0.370 e. The second kappa shape index (κ2) is 16.4. The molecule has 0 saturated carbocycles. The maximum absolute atomic E-state index is 16.4. The Hall–Kier alpha value is -5.70. The third-order valence-electron chi connectivity index (χ3n) is 13.8. The topological polar surface area (TPSA) is 235 Å². The number of piperidine rings is 3. The number of primary sulfonamides is 1. The summed E-state index contributed by atoms with van der Waals surface area (Å²) in [6.45, 7) is 8.20. The number of sulfonamides is 1. The highest BCUT2D eigenvalue weighted by molar-refractivity contribution is 7.89. The first-order valence-corrected chi connectivity index (χ1v) is 23.9. The summed E-state index contributed by atoms with van der Waals surface area (Å²) in [6.07, 6.45) is 4.85. The number of fused-ring (bicyclic) bond motifs is 1. The molecule has 20 heteroatoms. The number of nitrogens with two attached hydrogens (primary N) is 2. The first-order chi connectivity index (χ1) is 30.5. The van der Waals surface area contributed by atoms with E-state index in [-0.39, 0.29) is 58.8 Å². The fourth-order valence-electron chi connectivity index (χ4n) is 9.90. The molecule has 9 rings (SSSR count). The van der Waals surface area contributed by atoms with Crippen LogP contribution in [0.1, 0.15) is 95.3 Å². The third kappa shape index (κ3) is 7.83. The van der Waals surface area contributed by atoms with Crippen LogP contribution in [0.2, 0.25) is 0 Å². The number of halogens is 1. The summed E-state index contributed by atoms with van der Waals surface area (Å²) in [5.74, 6) is -2.72. The zero-order chi connectivity index (χ0) is 45.3. The summed E-state index contributed by atoms with van der Waals surface area (Å²) in [6, 6.07) is 10.5. The standard InChI is InChI=1S/C44H49FN10O7S2/c1-3-32(64(47,61)62)27-5-4-6-28(35(27)45)36-37(30-11-16-48-42(46)49-30)63-41(51-36)43(2)12-19-53(20-13-43)34(57)22-52-17-14-44(15-18-52)23-54(24-44)25-7-8-26-29(21-25)40(60)55(39(26)59)31-9-10-33(56)50-38(31)58/h4-8,11,16,21,31-32H,3,9-10,12-15,17-20,22-24H2,1-2H3,(H2,46,48,49)(H2,47,61,62)(H,50,56,58). The molecule has 5 N–H and O–H groups in total. The number of hydrogen-bond donors (Lipinski definition) is 3. The molecule has 4 fully saturated rings. The minimum atomic E-state index is -4.09. The molecule has 4 aromatic rings. The van der Waals surface area contributed by atoms with Gasteiger partial charge in [-0.1, -0.05) is 26.0 Å². The van der Waals surface area contributed by atoms with Crippen molar-refractivity contribution in [3.05, 3.63) is 76.2 Å². The van der Waals surface area contributed by atoms with Crippen molar-refractivity contribution in [2.45, 2.75) is 75.5 Å². The number of imide groups is 2. The monoisotopic (exact) mass is 912 g/mol. The fourth-order valence-corrected chi connectivity index (χ4v) is 12.2. The van der Waals surface area contributed by atoms with Crippen molar-refractivity contribution in [1.29, 1.82) is 0 Å². The van der Waals surface area contributed by atoms with Crippen LogP contribution in [0.4, 0.5) is 16.0 Å². The molecule has 5 aliphatic rings. The van der Waals surface area contributed by atoms with E-state index in [4.69, 9.17) is 15.9 Å². The van der Waals surface area contributed by atoms with Gasteiger partial charge in [-0.05, 0) is 81.9 Å². The first-order valence-electron chi connectivity index (χ1n) is 21.5. The molecule has 2 atom stereocenters. The van der Waals surface area contributed by atoms with E-state index < -0.39 is 56.2 Å². The highest BCUT2D eigenvalue weighted by Gasteiger charge is 2.48. The zero-order valence-electron chi connectivity index (χ0n) is 35.5. The Bertz CT molecular complexity index is 2700. The number of nitrogen functional groups attached to an aromatic ring is 1. The predicted molar refractivity (Wildman–Crippen MR) is 236 cm³/mol. The van der Waals surface area contributed by atoms with Crippen LogP contribution in [0.15, 0.2) is 48.7 Å². The van der Waals surface area contributed by atoms with Crippen LogP contribution in [-0.2, 0) is 29.8 Å². The van der Waals surface area contributed by atoms with Crippen molar-refractivity contribution in [2.75, 3.05) is 56.4 Å². The van der Waals surface area contributed by atoms with E-state index in [2.05, 4.69) is 32.0 Å². The lowest BCUT2D eigenvalue weighted by Crippen LogP contribution is -2.61. The number of carbonyl (C=O) groups excluding carboxylic acids is 5. The summed E-state index contributed by atoms with van der Waals surface area (Å²) >= 11 is 1.38. The first kappa shape index (κ1) is 43.5. The number of hydrogen-bond acceptors (Lipinski definition) is 14. The molecule has 2 aromatic heterocycles. The quantitative estimate of drug-likeness (QED) is 0.193. The van der Waals surface area contributed by atoms with Crippen molar-refractivity contribution < 1.29 is 36.8 Å². The molecule has 2 unspecified atom stereocenters. The van der Waals surface area contributed by atoms with Crippen LogP contribution < -0.4 is 21.1 Å². The molecule has 0 aliphatic carbocycles. The van der Waals surface area contributed by atoms with Gasteiger partial charge in [0, 0.05) is 66.4 Å². The van der Waals surface area contributed by atoms with Crippen LogP contribution in [0, 0.1) is 11.2 Å². The Kier molecular flexibility index (Phi) is 11.1. The number of rotatable bonds is 10. The van der Waals surface area contributed by atoms with E-state index in [9.17, 15) is 32.4 Å². The minimum absolute atomic E-state index is 0.0297. The highest BCUT2D eigenvalue weighted by atomic mass is 32.2. The Balaban J connectivity index is 0.816. The lowest BCUT2D eigenvalue weighted by atomic mass is 9.71. The molecule has 336 valence electrons. The van der Waals surface area contributed by atoms with Crippen molar-refractivity contribution in [3.8, 4) is 21.8 Å². The number of anilines is 2. The summed E-state index contributed by atoms with van der Waals surface area (Å²) in [5.41, 5.74) is 7.82. The molecule has 17 nitrogen and oxygen atoms in total. The molecular weight excluding hydrogens is 864 g/mol. The molecule has 2 aromatic carbocycles. The third-order valence-corrected chi connectivity index (χ3v) is 16.5. The van der Waals surface area contributed by atoms with Gasteiger partial charge in [-0.2, -0.15) is 0 Å². The van der Waals surface area contributed by atoms with Crippen molar-refractivity contribution in [1.82, 2.24) is 35.0 Å². The van der Waals surface area contributed by atoms with Crippen LogP contribution in [0.3, 0.4) is 0 Å². The number of likely N-dealkylation sites (tertiary alicyclic amines) is 2. The zero-order valence-corrected chi connectivity index (χ0v) is 37.1. The largest absolute Gasteiger partial charge is 0.370 e. The maximum Gasteiger partial charge on any atom is 0.262 e. The summed E-state index contributed by atoms with van der Waals surface area (Å²) in [5, 5.41) is 7.25. The number of aromatic nitrogens is 3. The van der Waals surface area contributed by atoms with E-state index in [0.717, 1.165) is 54.6 Å². The molecule has 64 heavy (non-hydrogen) atoms. The lowest BCUT2D eigenvalue weighted by Gasteiger charge is -2.55. The lowest BCUT2D eigenvalue weighted by molar-refractivity contribution is -0.136. The predicted octanol–water partition coefficient (Wildman–Crippen LogP) is 3.61. The average Bonchev–Trinajstić information content (AvgIpc) is 3.80. The van der Waals surface area contributed by atoms with Gasteiger partial charge in [0.15, 0.2) is 0 Å². The number of nitrogens with zero attached hydrogens (tertiary/aromatic N) is 7. The fraction of sp³-hybridized carbons (Fsp3) is 0.455. The van der Waals surface area contributed by atoms with Gasteiger partial charge in [-0.15, -0.1) is 11.3 Å². The van der Waals surface area contributed by atoms with E-state index in [1.807, 2.05) is 11.0 Å². The van der Waals surface area contributed by atoms with E-state index in [0.29, 0.717) is 48.7 Å². The summed E-state index contributed by atoms with van der Waals surface area (Å²) in [7, 11) is -4.09. The number of thiazole rings is 1. The summed E-state index contributed by atoms with van der Waals surface area (Å²) in [4.78, 5) is 85.7. The molecular formula is C44H49FN10O7S2. The van der Waals surface area contributed by atoms with Crippen LogP contribution in [0.25, 0.3) is 21.8 Å². The normalized spacial score (nSPS) is 21.5. The van der Waals surface area contributed by atoms with E-state index >= 15 is 4.39 Å². The maximum atomic E-state index is 16.4. The average molecular weight is 913 g/mol. The smallest absolute Gasteiger partial charge is 0.262 e. The van der Waals surface area contributed by atoms with Crippen LogP contribution >= 0.6 is 11.3 Å². The van der Waals surface area contributed by atoms with Gasteiger partial charge in [-0.3, -0.25) is 39.1 Å². The van der Waals surface area contributed by atoms with Gasteiger partial charge >= 0.3 is 0 Å². The van der Waals surface area contributed by atoms with Crippen molar-refractivity contribution in [3.63, 3.8) is 0 Å². The van der Waals surface area contributed by atoms with Gasteiger partial charge < -0.3 is 15.5 Å². The SMILES string of the molecule is CCC(c1cccc(-c2nc(C3(C)CCN(C(=O)CN4CCC5(CC4)CN(c4ccc6c(c4)C(=O)N(C4CCC(=O)NC4=O)C6=O)C5)CC3)sc2-c2ccnc(N)n2)c1F)S(N)(=O)=O. The Morgan fingerprint density at radius 3 is 2.36 bits per heavy atom.